The van der Waals surface area contributed by atoms with Gasteiger partial charge in [0.05, 0.1) is 12.6 Å². The summed E-state index contributed by atoms with van der Waals surface area (Å²) in [6.07, 6.45) is 0.766. The molecule has 2 heterocycles. The Morgan fingerprint density at radius 3 is 2.70 bits per heavy atom. The van der Waals surface area contributed by atoms with Crippen molar-refractivity contribution in [2.75, 3.05) is 33.3 Å². The Labute approximate surface area is 168 Å². The maximum Gasteiger partial charge on any atom is 0.239 e. The van der Waals surface area contributed by atoms with Crippen molar-refractivity contribution in [1.82, 2.24) is 9.80 Å². The third-order valence-corrected chi connectivity index (χ3v) is 5.67. The van der Waals surface area contributed by atoms with Crippen LogP contribution in [-0.4, -0.2) is 67.2 Å². The molecule has 2 N–H and O–H groups in total. The van der Waals surface area contributed by atoms with Gasteiger partial charge in [-0.25, -0.2) is 0 Å². The summed E-state index contributed by atoms with van der Waals surface area (Å²) in [5.74, 6) is 1.61. The van der Waals surface area contributed by atoms with Crippen LogP contribution < -0.4 is 15.2 Å². The molecule has 1 aromatic rings. The maximum absolute atomic E-state index is 12.9. The highest BCUT2D eigenvalue weighted by Crippen LogP contribution is 2.31. The lowest BCUT2D eigenvalue weighted by Crippen LogP contribution is -2.58. The van der Waals surface area contributed by atoms with Crippen LogP contribution in [0.5, 0.6) is 11.5 Å². The van der Waals surface area contributed by atoms with Crippen LogP contribution in [0.4, 0.5) is 0 Å². The number of nitrogens with zero attached hydrogens (tertiary/aromatic N) is 2. The van der Waals surface area contributed by atoms with Crippen LogP contribution in [0.2, 0.25) is 0 Å². The second-order valence-corrected chi connectivity index (χ2v) is 8.25. The molecule has 2 aliphatic heterocycles. The lowest BCUT2D eigenvalue weighted by atomic mass is 9.79. The lowest BCUT2D eigenvalue weighted by molar-refractivity contribution is -0.137. The Morgan fingerprint density at radius 2 is 2.04 bits per heavy atom. The molecule has 1 aromatic carbocycles. The fourth-order valence-corrected chi connectivity index (χ4v) is 3.77. The van der Waals surface area contributed by atoms with Crippen molar-refractivity contribution in [1.29, 1.82) is 0 Å². The molecule has 0 radical (unpaired) electrons. The van der Waals surface area contributed by atoms with Crippen molar-refractivity contribution < 1.29 is 14.3 Å². The number of ether oxygens (including phenoxy) is 2. The van der Waals surface area contributed by atoms with Gasteiger partial charge in [-0.1, -0.05) is 26.0 Å². The molecule has 1 amide bonds. The van der Waals surface area contributed by atoms with E-state index in [1.807, 2.05) is 38.2 Å². The smallest absolute Gasteiger partial charge is 0.239 e. The number of fused-ring (bicyclic) bond motifs is 1. The highest BCUT2D eigenvalue weighted by Gasteiger charge is 2.37. The number of hydrogen-bond acceptors (Lipinski definition) is 5. The topological polar surface area (TPSA) is 68.0 Å². The molecule has 0 bridgehead atoms. The van der Waals surface area contributed by atoms with Crippen molar-refractivity contribution >= 4 is 18.3 Å². The number of benzene rings is 1. The minimum absolute atomic E-state index is 0. The van der Waals surface area contributed by atoms with Crippen LogP contribution in [0.1, 0.15) is 27.2 Å². The molecule has 2 aliphatic rings. The normalized spacial score (nSPS) is 25.2. The molecule has 0 aromatic heterocycles. The van der Waals surface area contributed by atoms with Gasteiger partial charge in [-0.3, -0.25) is 9.69 Å². The molecule has 1 fully saturated rings. The molecular weight excluding hydrogens is 366 g/mol. The van der Waals surface area contributed by atoms with Gasteiger partial charge in [-0.05, 0) is 30.9 Å². The first-order chi connectivity index (χ1) is 12.3. The van der Waals surface area contributed by atoms with E-state index in [0.29, 0.717) is 13.2 Å². The van der Waals surface area contributed by atoms with Gasteiger partial charge in [0.15, 0.2) is 17.6 Å². The molecule has 27 heavy (non-hydrogen) atoms. The van der Waals surface area contributed by atoms with Crippen molar-refractivity contribution in [3.05, 3.63) is 24.3 Å². The second kappa shape index (κ2) is 8.67. The Balaban J connectivity index is 0.00000261. The predicted octanol–water partition coefficient (Wildman–Crippen LogP) is 2.15. The molecule has 0 saturated carbocycles. The number of likely N-dealkylation sites (N-methyl/N-ethyl adjacent to an activating group) is 1. The minimum Gasteiger partial charge on any atom is -0.486 e. The summed E-state index contributed by atoms with van der Waals surface area (Å²) in [5, 5.41) is 0. The Kier molecular flexibility index (Phi) is 7.00. The lowest BCUT2D eigenvalue weighted by Gasteiger charge is -2.45. The summed E-state index contributed by atoms with van der Waals surface area (Å²) in [6, 6.07) is 7.65. The van der Waals surface area contributed by atoms with Crippen LogP contribution in [0, 0.1) is 5.41 Å². The number of amides is 1. The van der Waals surface area contributed by atoms with Crippen LogP contribution in [0.25, 0.3) is 0 Å². The zero-order valence-electron chi connectivity index (χ0n) is 16.7. The highest BCUT2D eigenvalue weighted by molar-refractivity contribution is 5.85. The number of likely N-dealkylation sites (tertiary alicyclic amines) is 1. The predicted molar refractivity (Wildman–Crippen MR) is 109 cm³/mol. The molecule has 6 nitrogen and oxygen atoms in total. The van der Waals surface area contributed by atoms with Crippen LogP contribution in [0.15, 0.2) is 24.3 Å². The van der Waals surface area contributed by atoms with E-state index in [4.69, 9.17) is 15.2 Å². The van der Waals surface area contributed by atoms with Crippen molar-refractivity contribution in [3.8, 4) is 11.5 Å². The number of para-hydroxylation sites is 2. The van der Waals surface area contributed by atoms with Gasteiger partial charge >= 0.3 is 0 Å². The molecule has 3 unspecified atom stereocenters. The standard InChI is InChI=1S/C20H31N3O3.ClH/c1-14(23-10-9-18(21)20(2,3)13-23)19(24)22(4)11-15-12-25-16-7-5-6-8-17(16)26-15;/h5-8,14-15,18H,9-13,21H2,1-4H3;1H. The van der Waals surface area contributed by atoms with E-state index in [2.05, 4.69) is 18.7 Å². The number of piperidine rings is 1. The van der Waals surface area contributed by atoms with Crippen LogP contribution in [-0.2, 0) is 4.79 Å². The first-order valence-electron chi connectivity index (χ1n) is 9.41. The summed E-state index contributed by atoms with van der Waals surface area (Å²) >= 11 is 0. The van der Waals surface area contributed by atoms with Gasteiger partial charge in [0.1, 0.15) is 6.61 Å². The van der Waals surface area contributed by atoms with E-state index >= 15 is 0 Å². The third-order valence-electron chi connectivity index (χ3n) is 5.67. The third kappa shape index (κ3) is 4.86. The molecule has 3 atom stereocenters. The maximum atomic E-state index is 12.9. The summed E-state index contributed by atoms with van der Waals surface area (Å²) in [5.41, 5.74) is 6.24. The van der Waals surface area contributed by atoms with Gasteiger partial charge in [0.25, 0.3) is 0 Å². The molecule has 7 heteroatoms. The Bertz CT molecular complexity index is 655. The van der Waals surface area contributed by atoms with Crippen molar-refractivity contribution in [2.24, 2.45) is 11.1 Å². The highest BCUT2D eigenvalue weighted by atomic mass is 35.5. The number of carbonyl (C=O) groups is 1. The minimum atomic E-state index is -0.163. The fraction of sp³-hybridized carbons (Fsp3) is 0.650. The SMILES string of the molecule is CC(C(=O)N(C)CC1COc2ccccc2O1)N1CCC(N)C(C)(C)C1.Cl. The number of halogens is 1. The first kappa shape index (κ1) is 21.8. The number of nitrogens with two attached hydrogens (primary N) is 1. The molecule has 152 valence electrons. The molecule has 3 rings (SSSR count). The average molecular weight is 398 g/mol. The average Bonchev–Trinajstić information content (AvgIpc) is 2.62. The summed E-state index contributed by atoms with van der Waals surface area (Å²) in [6.45, 7) is 9.00. The Hall–Kier alpha value is -1.50. The van der Waals surface area contributed by atoms with E-state index in [0.717, 1.165) is 31.0 Å². The van der Waals surface area contributed by atoms with Gasteiger partial charge < -0.3 is 20.1 Å². The largest absolute Gasteiger partial charge is 0.486 e. The van der Waals surface area contributed by atoms with Gasteiger partial charge in [-0.2, -0.15) is 0 Å². The van der Waals surface area contributed by atoms with E-state index in [1.54, 1.807) is 4.90 Å². The fourth-order valence-electron chi connectivity index (χ4n) is 3.77. The molecule has 1 saturated heterocycles. The van der Waals surface area contributed by atoms with E-state index in [1.165, 1.54) is 0 Å². The zero-order valence-corrected chi connectivity index (χ0v) is 17.5. The monoisotopic (exact) mass is 397 g/mol. The Morgan fingerprint density at radius 1 is 1.37 bits per heavy atom. The van der Waals surface area contributed by atoms with E-state index < -0.39 is 0 Å². The van der Waals surface area contributed by atoms with Gasteiger partial charge in [-0.15, -0.1) is 12.4 Å². The van der Waals surface area contributed by atoms with Crippen LogP contribution >= 0.6 is 12.4 Å². The van der Waals surface area contributed by atoms with Crippen LogP contribution in [0.3, 0.4) is 0 Å². The molecule has 0 aliphatic carbocycles. The van der Waals surface area contributed by atoms with E-state index in [-0.39, 0.29) is 41.9 Å². The summed E-state index contributed by atoms with van der Waals surface area (Å²) in [7, 11) is 1.84. The first-order valence-corrected chi connectivity index (χ1v) is 9.41. The summed E-state index contributed by atoms with van der Waals surface area (Å²) in [4.78, 5) is 16.9. The number of hydrogen-bond donors (Lipinski definition) is 1. The van der Waals surface area contributed by atoms with E-state index in [9.17, 15) is 4.79 Å². The number of rotatable bonds is 4. The summed E-state index contributed by atoms with van der Waals surface area (Å²) < 4.78 is 11.7. The molecule has 0 spiro atoms. The second-order valence-electron chi connectivity index (χ2n) is 8.25. The van der Waals surface area contributed by atoms with Crippen molar-refractivity contribution in [2.45, 2.75) is 45.4 Å². The van der Waals surface area contributed by atoms with Gasteiger partial charge in [0, 0.05) is 26.2 Å². The number of carbonyl (C=O) groups excluding carboxylic acids is 1. The molecular formula is C20H32ClN3O3. The van der Waals surface area contributed by atoms with Gasteiger partial charge in [0.2, 0.25) is 5.91 Å². The quantitative estimate of drug-likeness (QED) is 0.843. The zero-order chi connectivity index (χ0) is 18.9. The van der Waals surface area contributed by atoms with Crippen molar-refractivity contribution in [3.63, 3.8) is 0 Å².